The third-order valence-electron chi connectivity index (χ3n) is 6.91. The van der Waals surface area contributed by atoms with Gasteiger partial charge in [-0.05, 0) is 54.5 Å². The number of likely N-dealkylation sites (tertiary alicyclic amines) is 1. The lowest BCUT2D eigenvalue weighted by atomic mass is 9.83. The molecule has 194 valence electrons. The van der Waals surface area contributed by atoms with Crippen LogP contribution in [0.25, 0.3) is 0 Å². The number of nitrogens with one attached hydrogen (secondary N) is 2. The number of aromatic nitrogens is 1. The van der Waals surface area contributed by atoms with Gasteiger partial charge in [-0.15, -0.1) is 0 Å². The molecule has 1 aromatic carbocycles. The molecule has 2 aliphatic rings. The zero-order valence-corrected chi connectivity index (χ0v) is 21.8. The molecule has 1 aromatic heterocycles. The highest BCUT2D eigenvalue weighted by atomic mass is 32.2. The summed E-state index contributed by atoms with van der Waals surface area (Å²) in [5.74, 6) is 2.09. The second-order valence-electron chi connectivity index (χ2n) is 9.29. The Balaban J connectivity index is 1.39. The molecule has 0 saturated carbocycles. The van der Waals surface area contributed by atoms with Gasteiger partial charge < -0.3 is 29.6 Å². The van der Waals surface area contributed by atoms with Gasteiger partial charge in [0.2, 0.25) is 5.91 Å². The highest BCUT2D eigenvalue weighted by molar-refractivity contribution is 7.98. The zero-order valence-electron chi connectivity index (χ0n) is 21.0. The van der Waals surface area contributed by atoms with Crippen LogP contribution >= 0.6 is 11.8 Å². The van der Waals surface area contributed by atoms with E-state index in [4.69, 9.17) is 9.47 Å². The van der Waals surface area contributed by atoms with Gasteiger partial charge in [0.15, 0.2) is 11.5 Å². The number of benzene rings is 1. The molecule has 2 aromatic rings. The number of fused-ring (bicyclic) bond motifs is 4. The molecule has 3 amide bonds. The van der Waals surface area contributed by atoms with Crippen molar-refractivity contribution in [1.82, 2.24) is 20.1 Å². The lowest BCUT2D eigenvalue weighted by Crippen LogP contribution is -2.56. The number of hydrogen-bond acceptors (Lipinski definition) is 6. The quantitative estimate of drug-likeness (QED) is 0.533. The Bertz CT molecular complexity index is 1150. The van der Waals surface area contributed by atoms with Gasteiger partial charge in [0.1, 0.15) is 6.04 Å². The summed E-state index contributed by atoms with van der Waals surface area (Å²) in [6.45, 7) is 2.04. The summed E-state index contributed by atoms with van der Waals surface area (Å²) in [6, 6.07) is 9.97. The van der Waals surface area contributed by atoms with Gasteiger partial charge in [-0.25, -0.2) is 4.79 Å². The van der Waals surface area contributed by atoms with Gasteiger partial charge in [0.25, 0.3) is 5.56 Å². The molecule has 0 spiro atoms. The fourth-order valence-corrected chi connectivity index (χ4v) is 5.58. The van der Waals surface area contributed by atoms with Crippen LogP contribution in [0.15, 0.2) is 41.2 Å². The normalized spacial score (nSPS) is 19.1. The first kappa shape index (κ1) is 25.9. The van der Waals surface area contributed by atoms with Crippen molar-refractivity contribution in [2.24, 2.45) is 5.92 Å². The molecule has 3 heterocycles. The molecule has 1 unspecified atom stereocenters. The Morgan fingerprint density at radius 1 is 1.11 bits per heavy atom. The number of ether oxygens (including phenoxy) is 2. The number of thioether (sulfide) groups is 1. The summed E-state index contributed by atoms with van der Waals surface area (Å²) in [6.07, 6.45) is 3.48. The fourth-order valence-electron chi connectivity index (χ4n) is 5.11. The van der Waals surface area contributed by atoms with Crippen molar-refractivity contribution in [3.8, 4) is 11.5 Å². The maximum absolute atomic E-state index is 13.2. The minimum Gasteiger partial charge on any atom is -0.493 e. The Morgan fingerprint density at radius 2 is 1.92 bits per heavy atom. The van der Waals surface area contributed by atoms with Crippen molar-refractivity contribution < 1.29 is 19.1 Å². The molecule has 3 atom stereocenters. The van der Waals surface area contributed by atoms with E-state index in [1.165, 1.54) is 0 Å². The van der Waals surface area contributed by atoms with Crippen LogP contribution in [-0.4, -0.2) is 66.8 Å². The molecular weight excluding hydrogens is 480 g/mol. The number of piperidine rings is 1. The Kier molecular flexibility index (Phi) is 8.45. The summed E-state index contributed by atoms with van der Waals surface area (Å²) in [5.41, 5.74) is 1.87. The molecule has 2 bridgehead atoms. The van der Waals surface area contributed by atoms with Crippen molar-refractivity contribution >= 4 is 23.7 Å². The van der Waals surface area contributed by atoms with Gasteiger partial charge in [-0.1, -0.05) is 12.1 Å². The van der Waals surface area contributed by atoms with E-state index in [2.05, 4.69) is 10.6 Å². The number of hydrogen-bond donors (Lipinski definition) is 2. The Hall–Kier alpha value is -3.14. The number of nitrogens with zero attached hydrogens (tertiary/aromatic N) is 2. The number of pyridine rings is 1. The van der Waals surface area contributed by atoms with E-state index < -0.39 is 6.04 Å². The standard InChI is InChI=1S/C26H34N4O5S/c1-34-22-8-7-17(12-23(22)35-2)13-27-25(32)20(9-10-36-3)28-26(33)29-14-18-11-19(16-29)21-5-4-6-24(31)30(21)15-18/h4-8,12,18-20H,9-11,13-16H2,1-3H3,(H,27,32)(H,28,33)/t18-,19?,20+/m1/s1. The van der Waals surface area contributed by atoms with Crippen LogP contribution in [0.1, 0.15) is 30.0 Å². The number of amides is 3. The zero-order chi connectivity index (χ0) is 25.7. The largest absolute Gasteiger partial charge is 0.493 e. The predicted molar refractivity (Wildman–Crippen MR) is 140 cm³/mol. The van der Waals surface area contributed by atoms with E-state index in [9.17, 15) is 14.4 Å². The first-order chi connectivity index (χ1) is 17.4. The van der Waals surface area contributed by atoms with Gasteiger partial charge in [-0.2, -0.15) is 11.8 Å². The van der Waals surface area contributed by atoms with E-state index >= 15 is 0 Å². The lowest BCUT2D eigenvalue weighted by molar-refractivity contribution is -0.123. The van der Waals surface area contributed by atoms with Gasteiger partial charge in [0.05, 0.1) is 14.2 Å². The first-order valence-electron chi connectivity index (χ1n) is 12.2. The van der Waals surface area contributed by atoms with Gasteiger partial charge >= 0.3 is 6.03 Å². The lowest BCUT2D eigenvalue weighted by Gasteiger charge is -2.43. The van der Waals surface area contributed by atoms with Crippen LogP contribution in [0, 0.1) is 5.92 Å². The smallest absolute Gasteiger partial charge is 0.318 e. The van der Waals surface area contributed by atoms with Crippen LogP contribution in [0.5, 0.6) is 11.5 Å². The topological polar surface area (TPSA) is 102 Å². The average molecular weight is 515 g/mol. The SMILES string of the molecule is COc1ccc(CNC(=O)[C@H](CCSC)NC(=O)N2CC3C[C@H](C2)Cn2c3cccc2=O)cc1OC. The van der Waals surface area contributed by atoms with Crippen molar-refractivity contribution in [3.05, 3.63) is 58.0 Å². The van der Waals surface area contributed by atoms with Crippen LogP contribution < -0.4 is 25.7 Å². The first-order valence-corrected chi connectivity index (χ1v) is 13.6. The van der Waals surface area contributed by atoms with Gasteiger partial charge in [-0.3, -0.25) is 9.59 Å². The Morgan fingerprint density at radius 3 is 2.67 bits per heavy atom. The van der Waals surface area contributed by atoms with Crippen LogP contribution in [0.4, 0.5) is 4.79 Å². The maximum Gasteiger partial charge on any atom is 0.318 e. The summed E-state index contributed by atoms with van der Waals surface area (Å²) in [4.78, 5) is 40.4. The molecule has 10 heteroatoms. The molecule has 1 saturated heterocycles. The molecular formula is C26H34N4O5S. The monoisotopic (exact) mass is 514 g/mol. The molecule has 9 nitrogen and oxygen atoms in total. The molecule has 2 aliphatic heterocycles. The third kappa shape index (κ3) is 5.80. The fraction of sp³-hybridized carbons (Fsp3) is 0.500. The number of carbonyl (C=O) groups excluding carboxylic acids is 2. The van der Waals surface area contributed by atoms with Gasteiger partial charge in [0, 0.05) is 43.9 Å². The third-order valence-corrected chi connectivity index (χ3v) is 7.55. The van der Waals surface area contributed by atoms with E-state index in [0.29, 0.717) is 44.1 Å². The van der Waals surface area contributed by atoms with Crippen molar-refractivity contribution in [2.75, 3.05) is 39.3 Å². The van der Waals surface area contributed by atoms with Crippen molar-refractivity contribution in [2.45, 2.75) is 37.9 Å². The predicted octanol–water partition coefficient (Wildman–Crippen LogP) is 2.43. The Labute approximate surface area is 215 Å². The minimum absolute atomic E-state index is 0.0170. The van der Waals surface area contributed by atoms with Crippen molar-refractivity contribution in [1.29, 1.82) is 0 Å². The van der Waals surface area contributed by atoms with Crippen LogP contribution in [-0.2, 0) is 17.9 Å². The molecule has 36 heavy (non-hydrogen) atoms. The summed E-state index contributed by atoms with van der Waals surface area (Å²) < 4.78 is 12.5. The van der Waals surface area contributed by atoms with E-state index in [0.717, 1.165) is 23.4 Å². The number of rotatable bonds is 9. The number of carbonyl (C=O) groups is 2. The molecule has 4 rings (SSSR count). The van der Waals surface area contributed by atoms with E-state index in [1.54, 1.807) is 49.1 Å². The average Bonchev–Trinajstić information content (AvgIpc) is 2.89. The maximum atomic E-state index is 13.2. The van der Waals surface area contributed by atoms with E-state index in [1.807, 2.05) is 29.0 Å². The highest BCUT2D eigenvalue weighted by Crippen LogP contribution is 2.35. The van der Waals surface area contributed by atoms with Crippen molar-refractivity contribution in [3.63, 3.8) is 0 Å². The molecule has 0 radical (unpaired) electrons. The summed E-state index contributed by atoms with van der Waals surface area (Å²) >= 11 is 1.63. The number of urea groups is 1. The molecule has 1 fully saturated rings. The van der Waals surface area contributed by atoms with Crippen LogP contribution in [0.2, 0.25) is 0 Å². The molecule has 2 N–H and O–H groups in total. The van der Waals surface area contributed by atoms with Crippen LogP contribution in [0.3, 0.4) is 0 Å². The summed E-state index contributed by atoms with van der Waals surface area (Å²) in [5, 5.41) is 5.92. The minimum atomic E-state index is -0.637. The number of methoxy groups -OCH3 is 2. The second kappa shape index (κ2) is 11.7. The second-order valence-corrected chi connectivity index (χ2v) is 10.3. The summed E-state index contributed by atoms with van der Waals surface area (Å²) in [7, 11) is 3.15. The molecule has 0 aliphatic carbocycles. The highest BCUT2D eigenvalue weighted by Gasteiger charge is 2.37. The van der Waals surface area contributed by atoms with E-state index in [-0.39, 0.29) is 29.3 Å².